The maximum atomic E-state index is 13.1. The molecule has 0 unspecified atom stereocenters. The van der Waals surface area contributed by atoms with E-state index in [9.17, 15) is 4.39 Å². The number of ether oxygens (including phenoxy) is 2. The summed E-state index contributed by atoms with van der Waals surface area (Å²) in [5, 5.41) is 3.37. The predicted molar refractivity (Wildman–Crippen MR) is 66.2 cm³/mol. The quantitative estimate of drug-likeness (QED) is 0.873. The van der Waals surface area contributed by atoms with Gasteiger partial charge >= 0.3 is 0 Å². The highest BCUT2D eigenvalue weighted by Gasteiger charge is 2.42. The summed E-state index contributed by atoms with van der Waals surface area (Å²) in [6.45, 7) is 2.56. The number of hydrogen-bond acceptors (Lipinski definition) is 3. The Bertz CT molecular complexity index is 418. The minimum Gasteiger partial charge on any atom is -0.488 e. The van der Waals surface area contributed by atoms with Crippen molar-refractivity contribution in [2.24, 2.45) is 0 Å². The molecule has 1 spiro atoms. The molecule has 1 aromatic rings. The van der Waals surface area contributed by atoms with E-state index in [0.717, 1.165) is 32.4 Å². The summed E-state index contributed by atoms with van der Waals surface area (Å²) >= 11 is 0. The molecule has 0 saturated carbocycles. The van der Waals surface area contributed by atoms with Crippen molar-refractivity contribution >= 4 is 0 Å². The molecule has 1 aromatic carbocycles. The van der Waals surface area contributed by atoms with Crippen LogP contribution in [-0.4, -0.2) is 31.4 Å². The zero-order valence-electron chi connectivity index (χ0n) is 10.3. The van der Waals surface area contributed by atoms with Crippen molar-refractivity contribution in [2.45, 2.75) is 31.0 Å². The Morgan fingerprint density at radius 2 is 2.39 bits per heavy atom. The van der Waals surface area contributed by atoms with Crippen molar-refractivity contribution in [1.82, 2.24) is 5.32 Å². The maximum absolute atomic E-state index is 13.1. The van der Waals surface area contributed by atoms with Crippen molar-refractivity contribution in [2.75, 3.05) is 19.7 Å². The third-order valence-electron chi connectivity index (χ3n) is 3.71. The van der Waals surface area contributed by atoms with E-state index in [1.54, 1.807) is 12.1 Å². The van der Waals surface area contributed by atoms with Crippen molar-refractivity contribution in [3.63, 3.8) is 0 Å². The number of nitrogens with one attached hydrogen (secondary N) is 1. The molecule has 0 radical (unpaired) electrons. The van der Waals surface area contributed by atoms with Crippen LogP contribution < -0.4 is 10.1 Å². The molecule has 0 aromatic heterocycles. The first kappa shape index (κ1) is 11.9. The molecule has 3 nitrogen and oxygen atoms in total. The molecule has 2 aliphatic heterocycles. The molecule has 2 atom stereocenters. The summed E-state index contributed by atoms with van der Waals surface area (Å²) in [6.07, 6.45) is 3.15. The molecule has 2 saturated heterocycles. The smallest absolute Gasteiger partial charge is 0.126 e. The maximum Gasteiger partial charge on any atom is 0.126 e. The van der Waals surface area contributed by atoms with Crippen LogP contribution in [0.25, 0.3) is 0 Å². The van der Waals surface area contributed by atoms with E-state index in [2.05, 4.69) is 5.32 Å². The molecule has 18 heavy (non-hydrogen) atoms. The summed E-state index contributed by atoms with van der Waals surface area (Å²) in [5.41, 5.74) is -0.0593. The number of piperidine rings is 1. The lowest BCUT2D eigenvalue weighted by Crippen LogP contribution is -2.45. The number of hydrogen-bond donors (Lipinski definition) is 1. The van der Waals surface area contributed by atoms with Gasteiger partial charge in [0.2, 0.25) is 0 Å². The molecular formula is C14H18FNO2. The van der Waals surface area contributed by atoms with Gasteiger partial charge in [-0.1, -0.05) is 6.07 Å². The van der Waals surface area contributed by atoms with Gasteiger partial charge in [-0.2, -0.15) is 0 Å². The van der Waals surface area contributed by atoms with Gasteiger partial charge in [-0.05, 0) is 31.5 Å². The third kappa shape index (κ3) is 2.49. The molecule has 0 bridgehead atoms. The molecule has 3 rings (SSSR count). The Morgan fingerprint density at radius 3 is 3.17 bits per heavy atom. The summed E-state index contributed by atoms with van der Waals surface area (Å²) in [7, 11) is 0. The first-order valence-corrected chi connectivity index (χ1v) is 6.53. The van der Waals surface area contributed by atoms with E-state index in [4.69, 9.17) is 9.47 Å². The summed E-state index contributed by atoms with van der Waals surface area (Å²) < 4.78 is 24.8. The molecule has 2 fully saturated rings. The van der Waals surface area contributed by atoms with Gasteiger partial charge in [-0.3, -0.25) is 0 Å². The third-order valence-corrected chi connectivity index (χ3v) is 3.71. The Balaban J connectivity index is 1.62. The van der Waals surface area contributed by atoms with Crippen LogP contribution in [0.15, 0.2) is 24.3 Å². The Kier molecular flexibility index (Phi) is 3.22. The van der Waals surface area contributed by atoms with Gasteiger partial charge in [0.15, 0.2) is 0 Å². The molecular weight excluding hydrogens is 233 g/mol. The second-order valence-electron chi connectivity index (χ2n) is 5.18. The van der Waals surface area contributed by atoms with Crippen LogP contribution in [0.3, 0.4) is 0 Å². The summed E-state index contributed by atoms with van der Waals surface area (Å²) in [4.78, 5) is 0. The van der Waals surface area contributed by atoms with Crippen molar-refractivity contribution < 1.29 is 13.9 Å². The van der Waals surface area contributed by atoms with E-state index >= 15 is 0 Å². The van der Waals surface area contributed by atoms with Crippen molar-refractivity contribution in [1.29, 1.82) is 0 Å². The SMILES string of the molecule is Fc1cccc(O[C@H]2CO[C@@]3(CCCNC3)C2)c1. The van der Waals surface area contributed by atoms with Crippen molar-refractivity contribution in [3.05, 3.63) is 30.1 Å². The van der Waals surface area contributed by atoms with Gasteiger partial charge in [0, 0.05) is 19.0 Å². The van der Waals surface area contributed by atoms with Crippen LogP contribution in [0.4, 0.5) is 4.39 Å². The fourth-order valence-electron chi connectivity index (χ4n) is 2.85. The largest absolute Gasteiger partial charge is 0.488 e. The number of rotatable bonds is 2. The number of halogens is 1. The highest BCUT2D eigenvalue weighted by molar-refractivity contribution is 5.23. The predicted octanol–water partition coefficient (Wildman–Crippen LogP) is 2.12. The lowest BCUT2D eigenvalue weighted by molar-refractivity contribution is -0.0153. The topological polar surface area (TPSA) is 30.5 Å². The van der Waals surface area contributed by atoms with Gasteiger partial charge < -0.3 is 14.8 Å². The van der Waals surface area contributed by atoms with Crippen molar-refractivity contribution in [3.8, 4) is 5.75 Å². The van der Waals surface area contributed by atoms with E-state index in [1.807, 2.05) is 0 Å². The van der Waals surface area contributed by atoms with E-state index in [-0.39, 0.29) is 17.5 Å². The molecule has 1 N–H and O–H groups in total. The molecule has 2 heterocycles. The van der Waals surface area contributed by atoms with Crippen LogP contribution in [0.2, 0.25) is 0 Å². The standard InChI is InChI=1S/C14H18FNO2/c15-11-3-1-4-12(7-11)18-13-8-14(17-9-13)5-2-6-16-10-14/h1,3-4,7,13,16H,2,5-6,8-10H2/t13-,14+/m1/s1. The fourth-order valence-corrected chi connectivity index (χ4v) is 2.85. The average molecular weight is 251 g/mol. The lowest BCUT2D eigenvalue weighted by atomic mass is 9.90. The Morgan fingerprint density at radius 1 is 1.44 bits per heavy atom. The van der Waals surface area contributed by atoms with E-state index in [0.29, 0.717) is 12.4 Å². The molecule has 0 aliphatic carbocycles. The summed E-state index contributed by atoms with van der Waals surface area (Å²) in [6, 6.07) is 6.29. The average Bonchev–Trinajstić information content (AvgIpc) is 2.73. The highest BCUT2D eigenvalue weighted by Crippen LogP contribution is 2.33. The zero-order chi connectivity index (χ0) is 12.4. The van der Waals surface area contributed by atoms with Gasteiger partial charge in [-0.25, -0.2) is 4.39 Å². The summed E-state index contributed by atoms with van der Waals surface area (Å²) in [5.74, 6) is 0.324. The minimum absolute atomic E-state index is 0.0340. The first-order chi connectivity index (χ1) is 8.76. The van der Waals surface area contributed by atoms with Gasteiger partial charge in [0.05, 0.1) is 12.2 Å². The molecule has 98 valence electrons. The molecule has 4 heteroatoms. The molecule has 0 amide bonds. The normalized spacial score (nSPS) is 31.7. The van der Waals surface area contributed by atoms with Crippen LogP contribution in [0.5, 0.6) is 5.75 Å². The first-order valence-electron chi connectivity index (χ1n) is 6.53. The van der Waals surface area contributed by atoms with Gasteiger partial charge in [0.1, 0.15) is 17.7 Å². The van der Waals surface area contributed by atoms with Gasteiger partial charge in [-0.15, -0.1) is 0 Å². The van der Waals surface area contributed by atoms with Crippen LogP contribution >= 0.6 is 0 Å². The van der Waals surface area contributed by atoms with Gasteiger partial charge in [0.25, 0.3) is 0 Å². The second-order valence-corrected chi connectivity index (χ2v) is 5.18. The number of benzene rings is 1. The minimum atomic E-state index is -0.263. The van der Waals surface area contributed by atoms with Crippen LogP contribution in [-0.2, 0) is 4.74 Å². The zero-order valence-corrected chi connectivity index (χ0v) is 10.3. The Labute approximate surface area is 106 Å². The molecule has 2 aliphatic rings. The monoisotopic (exact) mass is 251 g/mol. The highest BCUT2D eigenvalue weighted by atomic mass is 19.1. The second kappa shape index (κ2) is 4.86. The lowest BCUT2D eigenvalue weighted by Gasteiger charge is -2.32. The fraction of sp³-hybridized carbons (Fsp3) is 0.571. The van der Waals surface area contributed by atoms with E-state index < -0.39 is 0 Å². The Hall–Kier alpha value is -1.13. The van der Waals surface area contributed by atoms with E-state index in [1.165, 1.54) is 12.1 Å². The van der Waals surface area contributed by atoms with Crippen LogP contribution in [0, 0.1) is 5.82 Å². The van der Waals surface area contributed by atoms with Crippen LogP contribution in [0.1, 0.15) is 19.3 Å².